The minimum absolute atomic E-state index is 0.176. The molecular weight excluding hydrogens is 240 g/mol. The van der Waals surface area contributed by atoms with E-state index in [2.05, 4.69) is 5.32 Å². The second-order valence-electron chi connectivity index (χ2n) is 4.96. The molecule has 5 heteroatoms. The Hall–Kier alpha value is -1.04. The molecular formula is C13H19F2NO2. The molecule has 18 heavy (non-hydrogen) atoms. The number of halogens is 2. The van der Waals surface area contributed by atoms with E-state index in [9.17, 15) is 8.78 Å². The normalized spacial score (nSPS) is 12.2. The average Bonchev–Trinajstić information content (AvgIpc) is 2.33. The van der Waals surface area contributed by atoms with Crippen molar-refractivity contribution in [1.29, 1.82) is 0 Å². The molecule has 3 N–H and O–H groups in total. The van der Waals surface area contributed by atoms with Gasteiger partial charge in [0.25, 0.3) is 0 Å². The Balaban J connectivity index is 2.75. The second-order valence-corrected chi connectivity index (χ2v) is 4.96. The van der Waals surface area contributed by atoms with E-state index >= 15 is 0 Å². The fourth-order valence-electron chi connectivity index (χ4n) is 1.61. The molecule has 0 aliphatic heterocycles. The van der Waals surface area contributed by atoms with Crippen LogP contribution in [0.4, 0.5) is 8.78 Å². The summed E-state index contributed by atoms with van der Waals surface area (Å²) < 4.78 is 26.0. The van der Waals surface area contributed by atoms with E-state index < -0.39 is 23.1 Å². The van der Waals surface area contributed by atoms with Crippen LogP contribution in [0, 0.1) is 11.6 Å². The Morgan fingerprint density at radius 1 is 1.17 bits per heavy atom. The van der Waals surface area contributed by atoms with Crippen molar-refractivity contribution < 1.29 is 19.0 Å². The molecule has 0 bridgehead atoms. The zero-order chi connectivity index (χ0) is 13.8. The van der Waals surface area contributed by atoms with E-state index in [1.807, 2.05) is 13.8 Å². The number of aliphatic hydroxyl groups excluding tert-OH is 2. The van der Waals surface area contributed by atoms with E-state index in [0.29, 0.717) is 12.1 Å². The first kappa shape index (κ1) is 15.0. The van der Waals surface area contributed by atoms with Gasteiger partial charge in [-0.1, -0.05) is 19.9 Å². The number of hydrogen-bond acceptors (Lipinski definition) is 3. The first-order chi connectivity index (χ1) is 8.40. The monoisotopic (exact) mass is 259 g/mol. The minimum Gasteiger partial charge on any atom is -0.395 e. The van der Waals surface area contributed by atoms with Crippen LogP contribution in [0.1, 0.15) is 19.4 Å². The minimum atomic E-state index is -0.874. The van der Waals surface area contributed by atoms with Gasteiger partial charge in [0.05, 0.1) is 19.3 Å². The van der Waals surface area contributed by atoms with Crippen LogP contribution in [0.5, 0.6) is 0 Å². The van der Waals surface area contributed by atoms with Gasteiger partial charge in [-0.25, -0.2) is 8.78 Å². The summed E-state index contributed by atoms with van der Waals surface area (Å²) in [6.45, 7) is 3.83. The van der Waals surface area contributed by atoms with Crippen molar-refractivity contribution in [1.82, 2.24) is 5.32 Å². The van der Waals surface area contributed by atoms with Gasteiger partial charge in [-0.15, -0.1) is 0 Å². The molecule has 0 aromatic heterocycles. The van der Waals surface area contributed by atoms with Gasteiger partial charge in [-0.3, -0.25) is 0 Å². The summed E-state index contributed by atoms with van der Waals surface area (Å²) >= 11 is 0. The van der Waals surface area contributed by atoms with E-state index in [-0.39, 0.29) is 13.2 Å². The highest BCUT2D eigenvalue weighted by atomic mass is 19.2. The van der Waals surface area contributed by atoms with E-state index in [1.165, 1.54) is 12.1 Å². The molecule has 0 heterocycles. The Kier molecular flexibility index (Phi) is 5.19. The molecule has 0 saturated carbocycles. The number of nitrogens with one attached hydrogen (secondary N) is 1. The predicted molar refractivity (Wildman–Crippen MR) is 65.3 cm³/mol. The highest BCUT2D eigenvalue weighted by Gasteiger charge is 2.23. The molecule has 0 amide bonds. The average molecular weight is 259 g/mol. The Morgan fingerprint density at radius 2 is 1.78 bits per heavy atom. The van der Waals surface area contributed by atoms with Crippen LogP contribution in [-0.2, 0) is 5.41 Å². The van der Waals surface area contributed by atoms with Crippen LogP contribution in [0.2, 0.25) is 0 Å². The van der Waals surface area contributed by atoms with Crippen molar-refractivity contribution in [2.24, 2.45) is 0 Å². The van der Waals surface area contributed by atoms with Crippen molar-refractivity contribution in [3.63, 3.8) is 0 Å². The van der Waals surface area contributed by atoms with E-state index in [1.54, 1.807) is 0 Å². The van der Waals surface area contributed by atoms with Gasteiger partial charge < -0.3 is 15.5 Å². The van der Waals surface area contributed by atoms with Crippen LogP contribution < -0.4 is 5.32 Å². The van der Waals surface area contributed by atoms with E-state index in [0.717, 1.165) is 6.07 Å². The van der Waals surface area contributed by atoms with Crippen LogP contribution in [0.25, 0.3) is 0 Å². The third-order valence-corrected chi connectivity index (χ3v) is 2.97. The van der Waals surface area contributed by atoms with E-state index in [4.69, 9.17) is 10.2 Å². The SMILES string of the molecule is CC(C)(CNC(CO)CO)c1ccc(F)c(F)c1. The third-order valence-electron chi connectivity index (χ3n) is 2.97. The number of rotatable bonds is 6. The van der Waals surface area contributed by atoms with Gasteiger partial charge in [0.15, 0.2) is 11.6 Å². The van der Waals surface area contributed by atoms with Crippen molar-refractivity contribution in [3.8, 4) is 0 Å². The fourth-order valence-corrected chi connectivity index (χ4v) is 1.61. The third kappa shape index (κ3) is 3.73. The maximum atomic E-state index is 13.2. The fraction of sp³-hybridized carbons (Fsp3) is 0.538. The molecule has 0 radical (unpaired) electrons. The van der Waals surface area contributed by atoms with Crippen LogP contribution in [0.3, 0.4) is 0 Å². The molecule has 3 nitrogen and oxygen atoms in total. The number of aliphatic hydroxyl groups is 2. The molecule has 0 spiro atoms. The zero-order valence-electron chi connectivity index (χ0n) is 10.6. The largest absolute Gasteiger partial charge is 0.395 e. The second kappa shape index (κ2) is 6.22. The summed E-state index contributed by atoms with van der Waals surface area (Å²) in [5, 5.41) is 20.9. The topological polar surface area (TPSA) is 52.5 Å². The number of hydrogen-bond donors (Lipinski definition) is 3. The summed E-state index contributed by atoms with van der Waals surface area (Å²) in [6.07, 6.45) is 0. The smallest absolute Gasteiger partial charge is 0.159 e. The Bertz CT molecular complexity index is 393. The first-order valence-electron chi connectivity index (χ1n) is 5.81. The molecule has 0 saturated heterocycles. The molecule has 1 aromatic carbocycles. The maximum Gasteiger partial charge on any atom is 0.159 e. The molecule has 1 aromatic rings. The highest BCUT2D eigenvalue weighted by Crippen LogP contribution is 2.24. The maximum absolute atomic E-state index is 13.2. The summed E-state index contributed by atoms with van der Waals surface area (Å²) in [7, 11) is 0. The van der Waals surface area contributed by atoms with Gasteiger partial charge in [0, 0.05) is 12.0 Å². The molecule has 0 unspecified atom stereocenters. The molecule has 0 aliphatic rings. The van der Waals surface area contributed by atoms with Crippen molar-refractivity contribution in [2.75, 3.05) is 19.8 Å². The number of benzene rings is 1. The first-order valence-corrected chi connectivity index (χ1v) is 5.81. The molecule has 1 rings (SSSR count). The lowest BCUT2D eigenvalue weighted by molar-refractivity contribution is 0.166. The zero-order valence-corrected chi connectivity index (χ0v) is 10.6. The van der Waals surface area contributed by atoms with Crippen molar-refractivity contribution in [3.05, 3.63) is 35.4 Å². The molecule has 0 aliphatic carbocycles. The molecule has 0 atom stereocenters. The Labute approximate surface area is 105 Å². The summed E-state index contributed by atoms with van der Waals surface area (Å²) in [6, 6.07) is 3.40. The predicted octanol–water partition coefficient (Wildman–Crippen LogP) is 1.19. The van der Waals surface area contributed by atoms with Gasteiger partial charge >= 0.3 is 0 Å². The highest BCUT2D eigenvalue weighted by molar-refractivity contribution is 5.25. The van der Waals surface area contributed by atoms with Crippen LogP contribution in [-0.4, -0.2) is 36.0 Å². The van der Waals surface area contributed by atoms with Gasteiger partial charge in [0.1, 0.15) is 0 Å². The quantitative estimate of drug-likeness (QED) is 0.719. The standard InChI is InChI=1S/C13H19F2NO2/c1-13(2,8-16-10(6-17)7-18)9-3-4-11(14)12(15)5-9/h3-5,10,16-18H,6-8H2,1-2H3. The lowest BCUT2D eigenvalue weighted by Gasteiger charge is -2.28. The van der Waals surface area contributed by atoms with Gasteiger partial charge in [-0.2, -0.15) is 0 Å². The summed E-state index contributed by atoms with van der Waals surface area (Å²) in [4.78, 5) is 0. The van der Waals surface area contributed by atoms with Crippen molar-refractivity contribution in [2.45, 2.75) is 25.3 Å². The van der Waals surface area contributed by atoms with Crippen molar-refractivity contribution >= 4 is 0 Å². The van der Waals surface area contributed by atoms with Crippen LogP contribution in [0.15, 0.2) is 18.2 Å². The van der Waals surface area contributed by atoms with Gasteiger partial charge in [0.2, 0.25) is 0 Å². The molecule has 0 fully saturated rings. The Morgan fingerprint density at radius 3 is 2.28 bits per heavy atom. The van der Waals surface area contributed by atoms with Crippen LogP contribution >= 0.6 is 0 Å². The summed E-state index contributed by atoms with van der Waals surface area (Å²) in [5.41, 5.74) is 0.223. The molecule has 102 valence electrons. The lowest BCUT2D eigenvalue weighted by Crippen LogP contribution is -2.43. The summed E-state index contributed by atoms with van der Waals surface area (Å²) in [5.74, 6) is -1.74. The van der Waals surface area contributed by atoms with Gasteiger partial charge in [-0.05, 0) is 17.7 Å². The lowest BCUT2D eigenvalue weighted by atomic mass is 9.84.